The molecule has 0 atom stereocenters. The Morgan fingerprint density at radius 1 is 1.12 bits per heavy atom. The Labute approximate surface area is 152 Å². The van der Waals surface area contributed by atoms with Crippen LogP contribution in [0.25, 0.3) is 0 Å². The number of allylic oxidation sites excluding steroid dienone is 7. The maximum absolute atomic E-state index is 3.83. The lowest BCUT2D eigenvalue weighted by atomic mass is 9.72. The quantitative estimate of drug-likeness (QED) is 0.293. The molecule has 0 aliphatic heterocycles. The predicted molar refractivity (Wildman–Crippen MR) is 112 cm³/mol. The first-order valence-corrected chi connectivity index (χ1v) is 10.3. The molecule has 0 N–H and O–H groups in total. The molecule has 0 nitrogen and oxygen atoms in total. The molecule has 0 aromatic rings. The van der Waals surface area contributed by atoms with E-state index in [1.54, 1.807) is 0 Å². The highest BCUT2D eigenvalue weighted by atomic mass is 14.3. The van der Waals surface area contributed by atoms with Crippen LogP contribution in [0.4, 0.5) is 0 Å². The number of rotatable bonds is 9. The molecule has 24 heavy (non-hydrogen) atoms. The summed E-state index contributed by atoms with van der Waals surface area (Å²) in [5.41, 5.74) is 3.36. The van der Waals surface area contributed by atoms with Crippen molar-refractivity contribution in [2.24, 2.45) is 5.41 Å². The van der Waals surface area contributed by atoms with E-state index in [9.17, 15) is 0 Å². The molecule has 1 rings (SSSR count). The first-order chi connectivity index (χ1) is 11.6. The second kappa shape index (κ2) is 14.3. The molecule has 1 aliphatic rings. The van der Waals surface area contributed by atoms with Gasteiger partial charge in [0.2, 0.25) is 0 Å². The van der Waals surface area contributed by atoms with E-state index in [0.717, 1.165) is 0 Å². The molecule has 0 unspecified atom stereocenters. The van der Waals surface area contributed by atoms with Crippen molar-refractivity contribution in [3.63, 3.8) is 0 Å². The molecular weight excluding hydrogens is 288 g/mol. The maximum Gasteiger partial charge on any atom is -0.0261 e. The lowest BCUT2D eigenvalue weighted by molar-refractivity contribution is 0.195. The number of hydrogen-bond donors (Lipinski definition) is 0. The van der Waals surface area contributed by atoms with E-state index in [2.05, 4.69) is 51.7 Å². The minimum Gasteiger partial charge on any atom is -0.0990 e. The van der Waals surface area contributed by atoms with Crippen LogP contribution >= 0.6 is 0 Å². The van der Waals surface area contributed by atoms with Crippen molar-refractivity contribution in [2.75, 3.05) is 0 Å². The van der Waals surface area contributed by atoms with Crippen LogP contribution in [0.1, 0.15) is 98.8 Å². The van der Waals surface area contributed by atoms with Crippen LogP contribution in [0, 0.1) is 5.41 Å². The second-order valence-electron chi connectivity index (χ2n) is 7.31. The Hall–Kier alpha value is -1.04. The Morgan fingerprint density at radius 3 is 2.38 bits per heavy atom. The molecule has 0 spiro atoms. The molecule has 1 saturated carbocycles. The molecule has 0 saturated heterocycles. The summed E-state index contributed by atoms with van der Waals surface area (Å²) in [7, 11) is 0. The van der Waals surface area contributed by atoms with Crippen molar-refractivity contribution in [1.29, 1.82) is 0 Å². The Balaban J connectivity index is 0.00000254. The van der Waals surface area contributed by atoms with Crippen LogP contribution in [0.2, 0.25) is 0 Å². The zero-order valence-electron chi connectivity index (χ0n) is 17.2. The van der Waals surface area contributed by atoms with Crippen molar-refractivity contribution in [3.05, 3.63) is 48.1 Å². The van der Waals surface area contributed by atoms with Crippen molar-refractivity contribution in [1.82, 2.24) is 0 Å². The van der Waals surface area contributed by atoms with Gasteiger partial charge in [0.1, 0.15) is 0 Å². The van der Waals surface area contributed by atoms with Gasteiger partial charge in [-0.2, -0.15) is 0 Å². The fraction of sp³-hybridized carbons (Fsp3) is 0.667. The molecule has 1 aliphatic carbocycles. The normalized spacial score (nSPS) is 18.2. The highest BCUT2D eigenvalue weighted by molar-refractivity contribution is 5.35. The van der Waals surface area contributed by atoms with Gasteiger partial charge in [-0.3, -0.25) is 0 Å². The predicted octanol–water partition coefficient (Wildman–Crippen LogP) is 8.57. The second-order valence-corrected chi connectivity index (χ2v) is 7.31. The first kappa shape index (κ1) is 23.0. The number of hydrogen-bond acceptors (Lipinski definition) is 0. The summed E-state index contributed by atoms with van der Waals surface area (Å²) < 4.78 is 0. The fourth-order valence-electron chi connectivity index (χ4n) is 3.56. The van der Waals surface area contributed by atoms with Crippen molar-refractivity contribution >= 4 is 0 Å². The molecule has 1 fully saturated rings. The summed E-state index contributed by atoms with van der Waals surface area (Å²) in [6.07, 6.45) is 24.4. The van der Waals surface area contributed by atoms with E-state index in [1.165, 1.54) is 75.4 Å². The van der Waals surface area contributed by atoms with E-state index < -0.39 is 0 Å². The monoisotopic (exact) mass is 330 g/mol. The molecule has 0 aromatic carbocycles. The van der Waals surface area contributed by atoms with Gasteiger partial charge in [0.25, 0.3) is 0 Å². The third-order valence-corrected chi connectivity index (χ3v) is 4.89. The molecule has 138 valence electrons. The van der Waals surface area contributed by atoms with Gasteiger partial charge < -0.3 is 0 Å². The smallest absolute Gasteiger partial charge is 0.0261 e. The van der Waals surface area contributed by atoms with Crippen LogP contribution in [0.3, 0.4) is 0 Å². The lowest BCUT2D eigenvalue weighted by Crippen LogP contribution is -2.19. The summed E-state index contributed by atoms with van der Waals surface area (Å²) in [6, 6.07) is 0. The highest BCUT2D eigenvalue weighted by Gasteiger charge is 2.25. The minimum absolute atomic E-state index is 0.628. The Kier molecular flexibility index (Phi) is 13.7. The van der Waals surface area contributed by atoms with Gasteiger partial charge in [-0.15, -0.1) is 0 Å². The number of unbranched alkanes of at least 4 members (excludes halogenated alkanes) is 1. The van der Waals surface area contributed by atoms with E-state index in [0.29, 0.717) is 5.41 Å². The summed E-state index contributed by atoms with van der Waals surface area (Å²) in [5.74, 6) is 0. The van der Waals surface area contributed by atoms with Crippen LogP contribution in [-0.4, -0.2) is 0 Å². The molecular formula is C24H42. The highest BCUT2D eigenvalue weighted by Crippen LogP contribution is 2.39. The lowest BCUT2D eigenvalue weighted by Gasteiger charge is -2.33. The van der Waals surface area contributed by atoms with Crippen molar-refractivity contribution in [3.8, 4) is 0 Å². The van der Waals surface area contributed by atoms with E-state index in [4.69, 9.17) is 0 Å². The largest absolute Gasteiger partial charge is 0.0990 e. The molecule has 0 radical (unpaired) electrons. The van der Waals surface area contributed by atoms with Gasteiger partial charge in [0.05, 0.1) is 0 Å². The first-order valence-electron chi connectivity index (χ1n) is 10.3. The van der Waals surface area contributed by atoms with E-state index in [1.807, 2.05) is 19.9 Å². The van der Waals surface area contributed by atoms with Gasteiger partial charge in [-0.1, -0.05) is 95.9 Å². The molecule has 0 amide bonds. The average molecular weight is 331 g/mol. The summed E-state index contributed by atoms with van der Waals surface area (Å²) in [4.78, 5) is 0. The average Bonchev–Trinajstić information content (AvgIpc) is 2.57. The fourth-order valence-corrected chi connectivity index (χ4v) is 3.56. The van der Waals surface area contributed by atoms with E-state index >= 15 is 0 Å². The minimum atomic E-state index is 0.628. The van der Waals surface area contributed by atoms with Crippen molar-refractivity contribution < 1.29 is 0 Å². The zero-order chi connectivity index (χ0) is 18.3. The molecule has 0 heterocycles. The molecule has 0 heteroatoms. The van der Waals surface area contributed by atoms with E-state index in [-0.39, 0.29) is 0 Å². The van der Waals surface area contributed by atoms with Crippen LogP contribution in [0.5, 0.6) is 0 Å². The van der Waals surface area contributed by atoms with Crippen LogP contribution < -0.4 is 0 Å². The van der Waals surface area contributed by atoms with Gasteiger partial charge in [0, 0.05) is 0 Å². The summed E-state index contributed by atoms with van der Waals surface area (Å²) >= 11 is 0. The van der Waals surface area contributed by atoms with Gasteiger partial charge in [-0.05, 0) is 56.4 Å². The topological polar surface area (TPSA) is 0 Å². The summed E-state index contributed by atoms with van der Waals surface area (Å²) in [5, 5.41) is 0. The molecule has 0 aromatic heterocycles. The van der Waals surface area contributed by atoms with Gasteiger partial charge >= 0.3 is 0 Å². The third kappa shape index (κ3) is 10.7. The SMILES string of the molecule is C=C/C=C(\C=C/CCCC1(C)CCCCC1)/C=C(\C)CCC.CC. The zero-order valence-corrected chi connectivity index (χ0v) is 17.2. The Morgan fingerprint density at radius 2 is 1.79 bits per heavy atom. The third-order valence-electron chi connectivity index (χ3n) is 4.89. The standard InChI is InChI=1S/C22H36.C2H6/c1-5-13-20(3)19-21(14-6-2)15-9-7-10-16-22(4)17-11-8-12-18-22;1-2/h6,9,14-15,19H,2,5,7-8,10-13,16-18H2,1,3-4H3;1-2H3/b15-9-,20-19+,21-14+;. The summed E-state index contributed by atoms with van der Waals surface area (Å²) in [6.45, 7) is 14.8. The van der Waals surface area contributed by atoms with Crippen LogP contribution in [0.15, 0.2) is 48.1 Å². The van der Waals surface area contributed by atoms with Crippen molar-refractivity contribution in [2.45, 2.75) is 98.8 Å². The Bertz CT molecular complexity index is 400. The molecule has 0 bridgehead atoms. The van der Waals surface area contributed by atoms with Gasteiger partial charge in [-0.25, -0.2) is 0 Å². The maximum atomic E-state index is 3.83. The van der Waals surface area contributed by atoms with Crippen LogP contribution in [-0.2, 0) is 0 Å². The van der Waals surface area contributed by atoms with Gasteiger partial charge in [0.15, 0.2) is 0 Å².